The van der Waals surface area contributed by atoms with Crippen molar-refractivity contribution in [1.82, 2.24) is 4.57 Å². The van der Waals surface area contributed by atoms with Gasteiger partial charge in [0.2, 0.25) is 0 Å². The third-order valence-corrected chi connectivity index (χ3v) is 13.6. The van der Waals surface area contributed by atoms with Crippen molar-refractivity contribution in [3.8, 4) is 5.69 Å². The van der Waals surface area contributed by atoms with Gasteiger partial charge in [-0.1, -0.05) is 159 Å². The molecule has 66 heavy (non-hydrogen) atoms. The van der Waals surface area contributed by atoms with Crippen LogP contribution >= 0.6 is 11.6 Å². The van der Waals surface area contributed by atoms with Crippen LogP contribution in [0.5, 0.6) is 0 Å². The molecule has 8 aromatic carbocycles. The van der Waals surface area contributed by atoms with Gasteiger partial charge in [-0.2, -0.15) is 0 Å². The fourth-order valence-corrected chi connectivity index (χ4v) is 9.97. The van der Waals surface area contributed by atoms with Crippen molar-refractivity contribution in [2.75, 3.05) is 14.7 Å². The molecule has 330 valence electrons. The molecule has 10 rings (SSSR count). The van der Waals surface area contributed by atoms with Gasteiger partial charge in [-0.15, -0.1) is 0 Å². The van der Waals surface area contributed by atoms with E-state index < -0.39 is 0 Å². The normalized spacial score (nSPS) is 12.7. The lowest BCUT2D eigenvalue weighted by Gasteiger charge is -2.35. The van der Waals surface area contributed by atoms with Gasteiger partial charge in [-0.25, -0.2) is 0 Å². The minimum atomic E-state index is -0.00581. The number of hydrogen-bond acceptors (Lipinski definition) is 3. The molecule has 0 saturated carbocycles. The van der Waals surface area contributed by atoms with Gasteiger partial charge in [0.15, 0.2) is 0 Å². The van der Waals surface area contributed by atoms with E-state index in [0.29, 0.717) is 5.02 Å². The maximum Gasteiger partial charge on any atom is 0.0887 e. The third kappa shape index (κ3) is 7.52. The summed E-state index contributed by atoms with van der Waals surface area (Å²) in [6.45, 7) is 22.6. The fourth-order valence-electron chi connectivity index (χ4n) is 9.70. The topological polar surface area (TPSA) is 14.7 Å². The second-order valence-electron chi connectivity index (χ2n) is 21.0. The quantitative estimate of drug-likeness (QED) is 0.158. The van der Waals surface area contributed by atoms with E-state index in [1.165, 1.54) is 38.5 Å². The molecule has 0 bridgehead atoms. The van der Waals surface area contributed by atoms with Crippen LogP contribution in [-0.4, -0.2) is 4.57 Å². The molecule has 5 heteroatoms. The van der Waals surface area contributed by atoms with Crippen LogP contribution in [0.2, 0.25) is 5.02 Å². The summed E-state index contributed by atoms with van der Waals surface area (Å²) in [6, 6.07) is 64.6. The molecule has 0 amide bonds. The van der Waals surface area contributed by atoms with E-state index in [2.05, 4.69) is 264 Å². The highest BCUT2D eigenvalue weighted by atomic mass is 35.5. The maximum absolute atomic E-state index is 8.02. The van der Waals surface area contributed by atoms with Crippen LogP contribution in [0.25, 0.3) is 27.5 Å². The van der Waals surface area contributed by atoms with Crippen molar-refractivity contribution in [3.63, 3.8) is 0 Å². The average molecular weight is 884 g/mol. The summed E-state index contributed by atoms with van der Waals surface area (Å²) in [5.74, 6) is 0. The second-order valence-corrected chi connectivity index (χ2v) is 21.4. The van der Waals surface area contributed by atoms with Crippen molar-refractivity contribution in [3.05, 3.63) is 203 Å². The van der Waals surface area contributed by atoms with Crippen molar-refractivity contribution in [2.24, 2.45) is 0 Å². The Balaban J connectivity index is 1.18. The first kappa shape index (κ1) is 43.2. The Bertz CT molecular complexity index is 3210. The maximum atomic E-state index is 8.02. The molecule has 0 atom stereocenters. The number of halogens is 1. The molecule has 2 heterocycles. The van der Waals surface area contributed by atoms with Gasteiger partial charge in [0.05, 0.1) is 44.5 Å². The van der Waals surface area contributed by atoms with Gasteiger partial charge >= 0.3 is 0 Å². The van der Waals surface area contributed by atoms with Crippen molar-refractivity contribution in [1.29, 1.82) is 0 Å². The van der Waals surface area contributed by atoms with Crippen LogP contribution in [0.4, 0.5) is 51.2 Å². The molecule has 0 N–H and O–H groups in total. The number of rotatable bonds is 7. The van der Waals surface area contributed by atoms with Crippen LogP contribution in [-0.2, 0) is 16.2 Å². The number of aromatic nitrogens is 1. The molecule has 0 spiro atoms. The summed E-state index contributed by atoms with van der Waals surface area (Å²) >= 11 is 8.02. The number of hydrogen-bond donors (Lipinski definition) is 0. The van der Waals surface area contributed by atoms with Gasteiger partial charge in [-0.3, -0.25) is 0 Å². The first-order valence-corrected chi connectivity index (χ1v) is 23.6. The fraction of sp³-hybridized carbons (Fsp3) is 0.213. The zero-order valence-corrected chi connectivity index (χ0v) is 40.7. The van der Waals surface area contributed by atoms with E-state index in [1.807, 2.05) is 0 Å². The Kier molecular flexibility index (Phi) is 10.5. The molecular formula is C61H59ClN4. The summed E-state index contributed by atoms with van der Waals surface area (Å²) in [6.07, 6.45) is 0. The molecule has 0 radical (unpaired) electrons. The lowest BCUT2D eigenvalue weighted by molar-refractivity contribution is 0.590. The molecule has 1 aromatic heterocycles. The number of fused-ring (bicyclic) bond motifs is 5. The molecule has 9 aromatic rings. The van der Waals surface area contributed by atoms with Gasteiger partial charge in [0.25, 0.3) is 0 Å². The van der Waals surface area contributed by atoms with E-state index in [0.717, 1.165) is 62.4 Å². The van der Waals surface area contributed by atoms with Crippen LogP contribution in [0.15, 0.2) is 176 Å². The van der Waals surface area contributed by atoms with E-state index in [9.17, 15) is 0 Å². The predicted molar refractivity (Wildman–Crippen MR) is 284 cm³/mol. The van der Waals surface area contributed by atoms with E-state index in [1.54, 1.807) is 0 Å². The second kappa shape index (κ2) is 16.0. The standard InChI is InChI=1S/C61H59ClN4/c1-40-37-55(57(62)56(38-40)65-52-22-13-14-23-53(52)66-51-21-12-11-19-49(51)50-20-16-24-54(65)58(50)66)64(46-35-29-43(30-36-46)61(8,9)10)48-18-15-17-47(39-48)63(44-31-25-41(26-32-44)59(2,3)4)45-33-27-42(28-34-45)60(5,6)7/h11-39H,1-10H3. The first-order valence-electron chi connectivity index (χ1n) is 23.2. The van der Waals surface area contributed by atoms with E-state index >= 15 is 0 Å². The minimum Gasteiger partial charge on any atom is -0.310 e. The van der Waals surface area contributed by atoms with E-state index in [-0.39, 0.29) is 16.2 Å². The number of para-hydroxylation sites is 4. The molecule has 4 nitrogen and oxygen atoms in total. The van der Waals surface area contributed by atoms with Crippen LogP contribution < -0.4 is 14.7 Å². The van der Waals surface area contributed by atoms with Crippen molar-refractivity contribution < 1.29 is 0 Å². The van der Waals surface area contributed by atoms with Crippen LogP contribution in [0.1, 0.15) is 84.6 Å². The Morgan fingerprint density at radius 2 is 0.848 bits per heavy atom. The number of anilines is 9. The molecule has 0 unspecified atom stereocenters. The number of nitrogens with zero attached hydrogens (tertiary/aromatic N) is 4. The zero-order chi connectivity index (χ0) is 46.3. The van der Waals surface area contributed by atoms with Gasteiger partial charge in [-0.05, 0) is 136 Å². The predicted octanol–water partition coefficient (Wildman–Crippen LogP) is 18.4. The lowest BCUT2D eigenvalue weighted by Crippen LogP contribution is -2.20. The monoisotopic (exact) mass is 882 g/mol. The van der Waals surface area contributed by atoms with Crippen LogP contribution in [0.3, 0.4) is 0 Å². The zero-order valence-electron chi connectivity index (χ0n) is 39.9. The molecular weight excluding hydrogens is 824 g/mol. The lowest BCUT2D eigenvalue weighted by atomic mass is 9.86. The molecule has 1 aliphatic rings. The Hall–Kier alpha value is -6.75. The summed E-state index contributed by atoms with van der Waals surface area (Å²) in [7, 11) is 0. The van der Waals surface area contributed by atoms with Gasteiger partial charge in [0.1, 0.15) is 0 Å². The Labute approximate surface area is 396 Å². The summed E-state index contributed by atoms with van der Waals surface area (Å²) in [5.41, 5.74) is 17.8. The summed E-state index contributed by atoms with van der Waals surface area (Å²) in [5, 5.41) is 3.11. The SMILES string of the molecule is Cc1cc(N(c2ccc(C(C)(C)C)cc2)c2cccc(N(c3ccc(C(C)(C)C)cc3)c3ccc(C(C)(C)C)cc3)c2)c(Cl)c(N2c3ccccc3-n3c4ccccc4c4cccc2c43)c1. The van der Waals surface area contributed by atoms with Crippen molar-refractivity contribution >= 4 is 84.6 Å². The Morgan fingerprint density at radius 3 is 1.41 bits per heavy atom. The van der Waals surface area contributed by atoms with Gasteiger partial charge < -0.3 is 19.3 Å². The summed E-state index contributed by atoms with van der Waals surface area (Å²) < 4.78 is 2.42. The number of benzene rings is 8. The third-order valence-electron chi connectivity index (χ3n) is 13.3. The molecule has 0 aliphatic carbocycles. The largest absolute Gasteiger partial charge is 0.310 e. The minimum absolute atomic E-state index is 0.00581. The summed E-state index contributed by atoms with van der Waals surface area (Å²) in [4.78, 5) is 7.08. The smallest absolute Gasteiger partial charge is 0.0887 e. The molecule has 1 aliphatic heterocycles. The highest BCUT2D eigenvalue weighted by Gasteiger charge is 2.31. The van der Waals surface area contributed by atoms with Gasteiger partial charge in [0, 0.05) is 39.2 Å². The number of aryl methyl sites for hydroxylation is 1. The molecule has 0 saturated heterocycles. The molecule has 0 fully saturated rings. The average Bonchev–Trinajstić information content (AvgIpc) is 3.63. The Morgan fingerprint density at radius 1 is 0.394 bits per heavy atom. The highest BCUT2D eigenvalue weighted by Crippen LogP contribution is 2.54. The van der Waals surface area contributed by atoms with Crippen LogP contribution in [0, 0.1) is 6.92 Å². The van der Waals surface area contributed by atoms with Crippen molar-refractivity contribution in [2.45, 2.75) is 85.5 Å². The van der Waals surface area contributed by atoms with E-state index in [4.69, 9.17) is 11.6 Å². The highest BCUT2D eigenvalue weighted by molar-refractivity contribution is 6.37. The first-order chi connectivity index (χ1) is 31.5.